The van der Waals surface area contributed by atoms with Gasteiger partial charge in [-0.2, -0.15) is 43.2 Å². The van der Waals surface area contributed by atoms with Crippen molar-refractivity contribution in [2.45, 2.75) is 43.1 Å². The van der Waals surface area contributed by atoms with E-state index in [0.717, 1.165) is 12.1 Å². The van der Waals surface area contributed by atoms with Gasteiger partial charge in [0.2, 0.25) is 0 Å². The van der Waals surface area contributed by atoms with Crippen LogP contribution in [0, 0.1) is 0 Å². The van der Waals surface area contributed by atoms with Crippen LogP contribution in [-0.2, 0) is 52.3 Å². The highest BCUT2D eigenvalue weighted by atomic mass is 35.5. The molecule has 0 amide bonds. The lowest BCUT2D eigenvalue weighted by molar-refractivity contribution is -0.0505. The Kier molecular flexibility index (Phi) is 17.7. The summed E-state index contributed by atoms with van der Waals surface area (Å²) in [6.07, 6.45) is -0.773. The van der Waals surface area contributed by atoms with Crippen LogP contribution in [0.1, 0.15) is 55.6 Å². The summed E-state index contributed by atoms with van der Waals surface area (Å²) < 4.78 is 189. The van der Waals surface area contributed by atoms with Gasteiger partial charge in [0.05, 0.1) is 62.2 Å². The van der Waals surface area contributed by atoms with Gasteiger partial charge in [-0.3, -0.25) is 0 Å². The molecule has 10 aliphatic rings. The van der Waals surface area contributed by atoms with Crippen molar-refractivity contribution in [2.75, 3.05) is 62.2 Å². The number of benzene rings is 5. The summed E-state index contributed by atoms with van der Waals surface area (Å²) in [5, 5.41) is 0.194. The Morgan fingerprint density at radius 1 is 0.343 bits per heavy atom. The molecule has 14 nitrogen and oxygen atoms in total. The second kappa shape index (κ2) is 22.5. The fraction of sp³-hybridized carbons (Fsp3) is 0.348. The van der Waals surface area contributed by atoms with Gasteiger partial charge in [0.15, 0.2) is 0 Å². The average Bonchev–Trinajstić information content (AvgIpc) is 3.30. The maximum Gasteiger partial charge on any atom is 0.534 e. The minimum absolute atomic E-state index is 0.0415. The Labute approximate surface area is 410 Å². The standard InChI is InChI=1S/C45H44F6O14S2.CH2Cl2/c1-56-34-16-27-11-31-23-43(65-67(54,55)45(49,50)51)33(21-41(31)63-8)13-29-19-37(59-4)25(15-39(29)61-6)9-24-14-38(60-5)28(18-36(24)58-3)12-32-20-40(62-7)30(10-26(34)17-35(27)57-2)22-42(32)64-66(52,53)44(46,47)48;2-1-3/h14-23H,9-13H2,1-8H3;1H2. The predicted octanol–water partition coefficient (Wildman–Crippen LogP) is 9.90. The van der Waals surface area contributed by atoms with Crippen molar-refractivity contribution >= 4 is 43.4 Å². The van der Waals surface area contributed by atoms with E-state index in [1.165, 1.54) is 81.1 Å². The molecule has 24 heteroatoms. The molecular formula is C46H46Cl2F6O14S2. The maximum absolute atomic E-state index is 13.9. The number of methoxy groups -OCH3 is 8. The van der Waals surface area contributed by atoms with E-state index in [9.17, 15) is 43.2 Å². The SMILES string of the molecule is COc1cc2c(OC)cc1Cc1cc(OS(=O)(=O)C(F)(F)F)c(cc1OC)Cc1cc(OC)c(cc1OC)Cc1cc(OC)c(cc1OC)Cc1cc(OC)c(cc1OS(=O)(=O)C(F)(F)F)C2.ClCCl. The van der Waals surface area contributed by atoms with Crippen LogP contribution in [0.5, 0.6) is 57.5 Å². The molecule has 10 aliphatic carbocycles. The molecule has 0 saturated carbocycles. The second-order valence-electron chi connectivity index (χ2n) is 14.9. The van der Waals surface area contributed by atoms with Gasteiger partial charge in [0.1, 0.15) is 57.5 Å². The Morgan fingerprint density at radius 3 is 0.600 bits per heavy atom. The van der Waals surface area contributed by atoms with E-state index in [2.05, 4.69) is 0 Å². The highest BCUT2D eigenvalue weighted by molar-refractivity contribution is 7.88. The van der Waals surface area contributed by atoms with Crippen LogP contribution >= 0.6 is 23.2 Å². The van der Waals surface area contributed by atoms with Crippen LogP contribution in [0.25, 0.3) is 0 Å². The highest BCUT2D eigenvalue weighted by Crippen LogP contribution is 2.44. The molecule has 0 atom stereocenters. The molecule has 10 bridgehead atoms. The van der Waals surface area contributed by atoms with Gasteiger partial charge in [0, 0.05) is 87.7 Å². The molecule has 0 fully saturated rings. The molecule has 0 saturated heterocycles. The zero-order valence-corrected chi connectivity index (χ0v) is 41.7. The third-order valence-corrected chi connectivity index (χ3v) is 12.8. The zero-order chi connectivity index (χ0) is 51.9. The minimum Gasteiger partial charge on any atom is -0.496 e. The monoisotopic (exact) mass is 1070 g/mol. The molecule has 5 aromatic rings. The molecule has 0 radical (unpaired) electrons. The highest BCUT2D eigenvalue weighted by Gasteiger charge is 2.50. The van der Waals surface area contributed by atoms with Crippen LogP contribution in [-0.4, -0.2) is 90.1 Å². The van der Waals surface area contributed by atoms with Gasteiger partial charge in [0.25, 0.3) is 0 Å². The van der Waals surface area contributed by atoms with Crippen LogP contribution in [0.15, 0.2) is 60.7 Å². The Balaban J connectivity index is 0.00000296. The van der Waals surface area contributed by atoms with Gasteiger partial charge in [-0.1, -0.05) is 0 Å². The normalized spacial score (nSPS) is 12.9. The van der Waals surface area contributed by atoms with Gasteiger partial charge in [-0.15, -0.1) is 23.2 Å². The lowest BCUT2D eigenvalue weighted by atomic mass is 9.94. The zero-order valence-electron chi connectivity index (χ0n) is 38.6. The van der Waals surface area contributed by atoms with E-state index in [0.29, 0.717) is 33.4 Å². The first-order chi connectivity index (χ1) is 32.9. The molecule has 5 aromatic carbocycles. The smallest absolute Gasteiger partial charge is 0.496 e. The van der Waals surface area contributed by atoms with Crippen LogP contribution in [0.3, 0.4) is 0 Å². The summed E-state index contributed by atoms with van der Waals surface area (Å²) in [5.74, 6) is 0.181. The van der Waals surface area contributed by atoms with Crippen molar-refractivity contribution < 1.29 is 89.4 Å². The Hall–Kier alpha value is -5.84. The molecule has 0 unspecified atom stereocenters. The largest absolute Gasteiger partial charge is 0.534 e. The van der Waals surface area contributed by atoms with Gasteiger partial charge < -0.3 is 46.3 Å². The summed E-state index contributed by atoms with van der Waals surface area (Å²) in [4.78, 5) is 0. The van der Waals surface area contributed by atoms with E-state index in [-0.39, 0.29) is 106 Å². The molecule has 70 heavy (non-hydrogen) atoms. The first-order valence-electron chi connectivity index (χ1n) is 20.2. The Bertz CT molecular complexity index is 2740. The number of hydrogen-bond acceptors (Lipinski definition) is 14. The molecule has 0 spiro atoms. The van der Waals surface area contributed by atoms with Gasteiger partial charge >= 0.3 is 31.3 Å². The fourth-order valence-corrected chi connectivity index (χ4v) is 8.61. The molecule has 15 rings (SSSR count). The second-order valence-corrected chi connectivity index (χ2v) is 18.8. The number of alkyl halides is 8. The van der Waals surface area contributed by atoms with Crippen LogP contribution in [0.2, 0.25) is 0 Å². The third-order valence-electron chi connectivity index (χ3n) is 10.8. The summed E-state index contributed by atoms with van der Waals surface area (Å²) >= 11 is 9.53. The molecular weight excluding hydrogens is 1030 g/mol. The van der Waals surface area contributed by atoms with Gasteiger partial charge in [-0.25, -0.2) is 0 Å². The number of rotatable bonds is 12. The van der Waals surface area contributed by atoms with Crippen molar-refractivity contribution in [3.05, 3.63) is 116 Å². The maximum atomic E-state index is 13.9. The Morgan fingerprint density at radius 2 is 0.471 bits per heavy atom. The van der Waals surface area contributed by atoms with E-state index < -0.39 is 42.8 Å². The molecule has 0 aliphatic heterocycles. The average molecular weight is 1070 g/mol. The first-order valence-corrected chi connectivity index (χ1v) is 24.1. The van der Waals surface area contributed by atoms with E-state index in [1.54, 1.807) is 24.3 Å². The topological polar surface area (TPSA) is 161 Å². The van der Waals surface area contributed by atoms with E-state index in [4.69, 9.17) is 69.5 Å². The van der Waals surface area contributed by atoms with Gasteiger partial charge in [-0.05, 0) is 60.7 Å². The predicted molar refractivity (Wildman–Crippen MR) is 246 cm³/mol. The first kappa shape index (κ1) is 55.1. The van der Waals surface area contributed by atoms with Crippen LogP contribution < -0.4 is 46.3 Å². The number of ether oxygens (including phenoxy) is 8. The summed E-state index contributed by atoms with van der Waals surface area (Å²) in [7, 11) is -1.71. The van der Waals surface area contributed by atoms with E-state index >= 15 is 0 Å². The molecule has 0 N–H and O–H groups in total. The molecule has 382 valence electrons. The van der Waals surface area contributed by atoms with Crippen molar-refractivity contribution in [2.24, 2.45) is 0 Å². The summed E-state index contributed by atoms with van der Waals surface area (Å²) in [6.45, 7) is 0. The lowest BCUT2D eigenvalue weighted by Crippen LogP contribution is -2.28. The van der Waals surface area contributed by atoms with Crippen molar-refractivity contribution in [1.82, 2.24) is 0 Å². The fourth-order valence-electron chi connectivity index (χ4n) is 7.63. The van der Waals surface area contributed by atoms with Crippen LogP contribution in [0.4, 0.5) is 26.3 Å². The van der Waals surface area contributed by atoms with Crippen molar-refractivity contribution in [3.8, 4) is 57.5 Å². The number of halogens is 8. The summed E-state index contributed by atoms with van der Waals surface area (Å²) in [5.41, 5.74) is -8.99. The van der Waals surface area contributed by atoms with Crippen molar-refractivity contribution in [1.29, 1.82) is 0 Å². The van der Waals surface area contributed by atoms with Crippen molar-refractivity contribution in [3.63, 3.8) is 0 Å². The molecule has 0 heterocycles. The lowest BCUT2D eigenvalue weighted by Gasteiger charge is -2.20. The summed E-state index contributed by atoms with van der Waals surface area (Å²) in [6, 6.07) is 14.2. The molecule has 0 aromatic heterocycles. The number of hydrogen-bond donors (Lipinski definition) is 0. The minimum atomic E-state index is -6.21. The quantitative estimate of drug-likeness (QED) is 0.0493. The van der Waals surface area contributed by atoms with E-state index in [1.807, 2.05) is 0 Å². The third kappa shape index (κ3) is 12.2.